The molecule has 2 N–H and O–H groups in total. The van der Waals surface area contributed by atoms with E-state index < -0.39 is 0 Å². The minimum atomic E-state index is 0.306. The van der Waals surface area contributed by atoms with Crippen molar-refractivity contribution < 1.29 is 0 Å². The van der Waals surface area contributed by atoms with Crippen LogP contribution in [0.4, 0.5) is 0 Å². The second-order valence-corrected chi connectivity index (χ2v) is 8.50. The molecule has 0 spiro atoms. The van der Waals surface area contributed by atoms with E-state index in [1.54, 1.807) is 0 Å². The standard InChI is InChI=1S/C16H32N2S/c1-12(2)15-5-7-16(11-17,8-6-15)18-9-10-19-14(4)13(18)3/h12-15H,5-11,17H2,1-4H3. The maximum absolute atomic E-state index is 6.25. The molecule has 0 bridgehead atoms. The van der Waals surface area contributed by atoms with Crippen LogP contribution < -0.4 is 5.73 Å². The molecule has 3 heteroatoms. The fraction of sp³-hybridized carbons (Fsp3) is 1.00. The summed E-state index contributed by atoms with van der Waals surface area (Å²) in [4.78, 5) is 2.77. The lowest BCUT2D eigenvalue weighted by Gasteiger charge is -2.53. The van der Waals surface area contributed by atoms with Gasteiger partial charge in [0.25, 0.3) is 0 Å². The molecule has 1 aliphatic carbocycles. The molecule has 1 aliphatic heterocycles. The van der Waals surface area contributed by atoms with Crippen LogP contribution in [0.1, 0.15) is 53.4 Å². The summed E-state index contributed by atoms with van der Waals surface area (Å²) in [6, 6.07) is 0.679. The summed E-state index contributed by atoms with van der Waals surface area (Å²) in [5, 5.41) is 0.750. The highest BCUT2D eigenvalue weighted by molar-refractivity contribution is 8.00. The molecule has 2 rings (SSSR count). The van der Waals surface area contributed by atoms with Gasteiger partial charge in [0.1, 0.15) is 0 Å². The van der Waals surface area contributed by atoms with E-state index in [0.717, 1.165) is 23.6 Å². The third kappa shape index (κ3) is 3.14. The fourth-order valence-electron chi connectivity index (χ4n) is 4.06. The summed E-state index contributed by atoms with van der Waals surface area (Å²) >= 11 is 2.13. The summed E-state index contributed by atoms with van der Waals surface area (Å²) in [6.45, 7) is 11.6. The smallest absolute Gasteiger partial charge is 0.0335 e. The second-order valence-electron chi connectivity index (χ2n) is 7.02. The topological polar surface area (TPSA) is 29.3 Å². The first-order valence-electron chi connectivity index (χ1n) is 8.08. The Balaban J connectivity index is 2.07. The number of nitrogens with two attached hydrogens (primary N) is 1. The maximum Gasteiger partial charge on any atom is 0.0335 e. The van der Waals surface area contributed by atoms with Crippen molar-refractivity contribution in [3.05, 3.63) is 0 Å². The van der Waals surface area contributed by atoms with Crippen LogP contribution in [0.2, 0.25) is 0 Å². The summed E-state index contributed by atoms with van der Waals surface area (Å²) in [5.74, 6) is 3.04. The Morgan fingerprint density at radius 3 is 2.42 bits per heavy atom. The molecule has 0 aromatic carbocycles. The Labute approximate surface area is 123 Å². The van der Waals surface area contributed by atoms with Gasteiger partial charge in [-0.3, -0.25) is 4.90 Å². The number of hydrogen-bond acceptors (Lipinski definition) is 3. The van der Waals surface area contributed by atoms with Crippen molar-refractivity contribution in [3.8, 4) is 0 Å². The lowest BCUT2D eigenvalue weighted by Crippen LogP contribution is -2.62. The lowest BCUT2D eigenvalue weighted by molar-refractivity contribution is 0.00940. The largest absolute Gasteiger partial charge is 0.329 e. The highest BCUT2D eigenvalue weighted by Gasteiger charge is 2.43. The highest BCUT2D eigenvalue weighted by atomic mass is 32.2. The first kappa shape index (κ1) is 15.7. The third-order valence-electron chi connectivity index (χ3n) is 5.78. The molecule has 2 nitrogen and oxygen atoms in total. The van der Waals surface area contributed by atoms with Crippen LogP contribution in [0.25, 0.3) is 0 Å². The van der Waals surface area contributed by atoms with Crippen molar-refractivity contribution in [3.63, 3.8) is 0 Å². The zero-order chi connectivity index (χ0) is 14.0. The van der Waals surface area contributed by atoms with Gasteiger partial charge in [-0.05, 0) is 44.4 Å². The first-order valence-corrected chi connectivity index (χ1v) is 9.13. The van der Waals surface area contributed by atoms with Crippen LogP contribution in [-0.4, -0.2) is 40.6 Å². The molecule has 2 unspecified atom stereocenters. The second kappa shape index (κ2) is 6.36. The maximum atomic E-state index is 6.25. The summed E-state index contributed by atoms with van der Waals surface area (Å²) in [7, 11) is 0. The van der Waals surface area contributed by atoms with Crippen molar-refractivity contribution in [2.24, 2.45) is 17.6 Å². The molecule has 0 amide bonds. The number of thioether (sulfide) groups is 1. The number of nitrogens with zero attached hydrogens (tertiary/aromatic N) is 1. The van der Waals surface area contributed by atoms with Gasteiger partial charge < -0.3 is 5.73 Å². The molecule has 0 aromatic heterocycles. The van der Waals surface area contributed by atoms with Gasteiger partial charge in [-0.1, -0.05) is 20.8 Å². The number of hydrogen-bond donors (Lipinski definition) is 1. The van der Waals surface area contributed by atoms with Crippen LogP contribution in [-0.2, 0) is 0 Å². The molecule has 112 valence electrons. The SMILES string of the molecule is CC(C)C1CCC(CN)(N2CCSC(C)C2C)CC1. The summed E-state index contributed by atoms with van der Waals surface area (Å²) < 4.78 is 0. The molecule has 19 heavy (non-hydrogen) atoms. The minimum Gasteiger partial charge on any atom is -0.329 e. The van der Waals surface area contributed by atoms with E-state index in [1.165, 1.54) is 38.0 Å². The van der Waals surface area contributed by atoms with Gasteiger partial charge in [0.05, 0.1) is 0 Å². The van der Waals surface area contributed by atoms with E-state index >= 15 is 0 Å². The Hall–Kier alpha value is 0.270. The predicted octanol–water partition coefficient (Wildman–Crippen LogP) is 3.36. The van der Waals surface area contributed by atoms with Gasteiger partial charge in [0, 0.05) is 35.7 Å². The molecule has 2 aliphatic rings. The van der Waals surface area contributed by atoms with Crippen LogP contribution in [0, 0.1) is 11.8 Å². The average Bonchev–Trinajstić information content (AvgIpc) is 2.42. The zero-order valence-corrected chi connectivity index (χ0v) is 14.0. The van der Waals surface area contributed by atoms with Gasteiger partial charge in [-0.2, -0.15) is 11.8 Å². The van der Waals surface area contributed by atoms with Crippen molar-refractivity contribution in [2.75, 3.05) is 18.8 Å². The van der Waals surface area contributed by atoms with Gasteiger partial charge in [-0.25, -0.2) is 0 Å². The van der Waals surface area contributed by atoms with E-state index in [1.807, 2.05) is 0 Å². The molecule has 0 radical (unpaired) electrons. The third-order valence-corrected chi connectivity index (χ3v) is 7.11. The molecule has 0 aromatic rings. The molecule has 1 saturated heterocycles. The van der Waals surface area contributed by atoms with Crippen molar-refractivity contribution in [2.45, 2.75) is 70.2 Å². The quantitative estimate of drug-likeness (QED) is 0.862. The van der Waals surface area contributed by atoms with E-state index in [2.05, 4.69) is 44.4 Å². The fourth-order valence-corrected chi connectivity index (χ4v) is 5.15. The molecule has 1 saturated carbocycles. The van der Waals surface area contributed by atoms with Gasteiger partial charge in [-0.15, -0.1) is 0 Å². The van der Waals surface area contributed by atoms with Crippen LogP contribution >= 0.6 is 11.8 Å². The average molecular weight is 285 g/mol. The highest BCUT2D eigenvalue weighted by Crippen LogP contribution is 2.42. The molecular formula is C16H32N2S. The minimum absolute atomic E-state index is 0.306. The van der Waals surface area contributed by atoms with E-state index in [-0.39, 0.29) is 0 Å². The van der Waals surface area contributed by atoms with E-state index in [4.69, 9.17) is 5.73 Å². The van der Waals surface area contributed by atoms with Crippen molar-refractivity contribution >= 4 is 11.8 Å². The van der Waals surface area contributed by atoms with Gasteiger partial charge in [0.15, 0.2) is 0 Å². The first-order chi connectivity index (χ1) is 9.00. The molecular weight excluding hydrogens is 252 g/mol. The monoisotopic (exact) mass is 284 g/mol. The van der Waals surface area contributed by atoms with Crippen molar-refractivity contribution in [1.82, 2.24) is 4.90 Å². The van der Waals surface area contributed by atoms with Crippen molar-refractivity contribution in [1.29, 1.82) is 0 Å². The Bertz CT molecular complexity index is 284. The number of rotatable bonds is 3. The predicted molar refractivity (Wildman–Crippen MR) is 86.7 cm³/mol. The normalized spacial score (nSPS) is 41.7. The zero-order valence-electron chi connectivity index (χ0n) is 13.2. The lowest BCUT2D eigenvalue weighted by atomic mass is 9.71. The summed E-state index contributed by atoms with van der Waals surface area (Å²) in [6.07, 6.45) is 5.38. The van der Waals surface area contributed by atoms with Crippen LogP contribution in [0.3, 0.4) is 0 Å². The van der Waals surface area contributed by atoms with Gasteiger partial charge >= 0.3 is 0 Å². The van der Waals surface area contributed by atoms with Gasteiger partial charge in [0.2, 0.25) is 0 Å². The van der Waals surface area contributed by atoms with E-state index in [9.17, 15) is 0 Å². The van der Waals surface area contributed by atoms with Crippen LogP contribution in [0.15, 0.2) is 0 Å². The molecule has 1 heterocycles. The Morgan fingerprint density at radius 1 is 1.26 bits per heavy atom. The van der Waals surface area contributed by atoms with Crippen LogP contribution in [0.5, 0.6) is 0 Å². The van der Waals surface area contributed by atoms with E-state index in [0.29, 0.717) is 11.6 Å². The Kier molecular flexibility index (Phi) is 5.24. The molecule has 2 atom stereocenters. The molecule has 2 fully saturated rings. The Morgan fingerprint density at radius 2 is 1.89 bits per heavy atom. The summed E-state index contributed by atoms with van der Waals surface area (Å²) in [5.41, 5.74) is 6.56.